The highest BCUT2D eigenvalue weighted by Gasteiger charge is 2.64. The SMILES string of the molecule is C[C@H](CCCOC(c1ccccc1)(c1ccccc1)c1ccccc1)[C@H]1CCC2C3[C@H](P)CC4CCCC[C@]4(C)[C@H]3C[C@H](O)[C@@]21C. The quantitative estimate of drug-likeness (QED) is 0.144. The molecule has 0 amide bonds. The first-order valence-corrected chi connectivity index (χ1v) is 19.2. The standard InChI is InChI=1S/C43H57O2P/c1-30(35-24-25-36-40-37(29-39(44)42(35,36)3)41(2)26-14-13-23-34(41)28-38(40)46)16-15-27-45-43(31-17-7-4-8-18-31,32-19-9-5-10-20-32)33-21-11-6-12-22-33/h4-12,17-22,30,34-40,44H,13-16,23-29,46H2,1-3H3/t30-,34?,35-,36?,37+,38-,39+,40?,41+,42-/m1/s1. The van der Waals surface area contributed by atoms with Crippen LogP contribution in [0.2, 0.25) is 0 Å². The van der Waals surface area contributed by atoms with Crippen LogP contribution >= 0.6 is 9.24 Å². The number of aliphatic hydroxyl groups is 1. The van der Waals surface area contributed by atoms with Crippen molar-refractivity contribution in [2.24, 2.45) is 46.3 Å². The Morgan fingerprint density at radius 1 is 0.804 bits per heavy atom. The molecule has 246 valence electrons. The van der Waals surface area contributed by atoms with E-state index in [0.717, 1.165) is 31.1 Å². The summed E-state index contributed by atoms with van der Waals surface area (Å²) in [5.74, 6) is 4.08. The summed E-state index contributed by atoms with van der Waals surface area (Å²) in [6.07, 6.45) is 12.5. The number of benzene rings is 3. The Hall–Kier alpha value is -1.99. The van der Waals surface area contributed by atoms with Gasteiger partial charge in [-0.05, 0) is 120 Å². The lowest BCUT2D eigenvalue weighted by Crippen LogP contribution is -2.60. The van der Waals surface area contributed by atoms with Crippen LogP contribution in [0.1, 0.15) is 102 Å². The zero-order valence-electron chi connectivity index (χ0n) is 28.5. The summed E-state index contributed by atoms with van der Waals surface area (Å²) < 4.78 is 7.15. The third-order valence-corrected chi connectivity index (χ3v) is 14.9. The molecule has 3 aromatic rings. The van der Waals surface area contributed by atoms with E-state index in [1.807, 2.05) is 0 Å². The van der Waals surface area contributed by atoms with Crippen LogP contribution in [0.4, 0.5) is 0 Å². The predicted octanol–water partition coefficient (Wildman–Crippen LogP) is 10.3. The second-order valence-electron chi connectivity index (χ2n) is 16.2. The van der Waals surface area contributed by atoms with Crippen molar-refractivity contribution in [2.45, 2.75) is 102 Å². The van der Waals surface area contributed by atoms with Gasteiger partial charge in [-0.25, -0.2) is 0 Å². The second-order valence-corrected chi connectivity index (χ2v) is 17.0. The Balaban J connectivity index is 1.08. The molecule has 0 saturated heterocycles. The molecule has 3 heteroatoms. The highest BCUT2D eigenvalue weighted by molar-refractivity contribution is 7.17. The summed E-state index contributed by atoms with van der Waals surface area (Å²) in [5, 5.41) is 12.1. The molecule has 0 aliphatic heterocycles. The Morgan fingerprint density at radius 3 is 1.98 bits per heavy atom. The van der Waals surface area contributed by atoms with Gasteiger partial charge in [0.05, 0.1) is 6.10 Å². The average molecular weight is 637 g/mol. The first kappa shape index (κ1) is 32.6. The van der Waals surface area contributed by atoms with Gasteiger partial charge in [0.2, 0.25) is 0 Å². The van der Waals surface area contributed by atoms with Crippen LogP contribution in [0, 0.1) is 46.3 Å². The molecule has 1 N–H and O–H groups in total. The lowest BCUT2D eigenvalue weighted by atomic mass is 9.43. The van der Waals surface area contributed by atoms with Crippen molar-refractivity contribution in [3.05, 3.63) is 108 Å². The molecule has 0 heterocycles. The van der Waals surface area contributed by atoms with Gasteiger partial charge in [-0.1, -0.05) is 125 Å². The highest BCUT2D eigenvalue weighted by Crippen LogP contribution is 2.69. The maximum atomic E-state index is 12.1. The lowest BCUT2D eigenvalue weighted by Gasteiger charge is -2.63. The molecule has 4 saturated carbocycles. The molecular formula is C43H57O2P. The van der Waals surface area contributed by atoms with Crippen LogP contribution in [0.15, 0.2) is 91.0 Å². The van der Waals surface area contributed by atoms with E-state index in [4.69, 9.17) is 4.74 Å². The van der Waals surface area contributed by atoms with E-state index in [1.54, 1.807) is 0 Å². The maximum Gasteiger partial charge on any atom is 0.143 e. The van der Waals surface area contributed by atoms with E-state index in [-0.39, 0.29) is 11.5 Å². The van der Waals surface area contributed by atoms with Gasteiger partial charge in [-0.3, -0.25) is 0 Å². The minimum atomic E-state index is -0.659. The third kappa shape index (κ3) is 5.34. The van der Waals surface area contributed by atoms with Crippen LogP contribution in [-0.2, 0) is 10.3 Å². The number of hydrogen-bond acceptors (Lipinski definition) is 2. The third-order valence-electron chi connectivity index (χ3n) is 14.2. The molecule has 0 radical (unpaired) electrons. The molecule has 4 aliphatic carbocycles. The second kappa shape index (κ2) is 13.1. The van der Waals surface area contributed by atoms with Gasteiger partial charge in [0.1, 0.15) is 5.60 Å². The molecule has 11 atom stereocenters. The fraction of sp³-hybridized carbons (Fsp3) is 0.581. The van der Waals surface area contributed by atoms with Crippen molar-refractivity contribution < 1.29 is 9.84 Å². The van der Waals surface area contributed by atoms with Crippen LogP contribution in [0.5, 0.6) is 0 Å². The largest absolute Gasteiger partial charge is 0.393 e. The molecule has 0 aromatic heterocycles. The molecule has 7 rings (SSSR count). The van der Waals surface area contributed by atoms with Gasteiger partial charge in [0.15, 0.2) is 0 Å². The summed E-state index contributed by atoms with van der Waals surface area (Å²) in [4.78, 5) is 0. The van der Waals surface area contributed by atoms with Crippen LogP contribution < -0.4 is 0 Å². The highest BCUT2D eigenvalue weighted by atomic mass is 31.0. The zero-order valence-corrected chi connectivity index (χ0v) is 29.6. The number of hydrogen-bond donors (Lipinski definition) is 1. The van der Waals surface area contributed by atoms with Gasteiger partial charge in [-0.15, -0.1) is 9.24 Å². The van der Waals surface area contributed by atoms with Crippen molar-refractivity contribution in [3.63, 3.8) is 0 Å². The Labute approximate surface area is 281 Å². The maximum absolute atomic E-state index is 12.1. The molecule has 4 unspecified atom stereocenters. The minimum Gasteiger partial charge on any atom is -0.393 e. The topological polar surface area (TPSA) is 29.5 Å². The molecule has 46 heavy (non-hydrogen) atoms. The van der Waals surface area contributed by atoms with Crippen molar-refractivity contribution in [2.75, 3.05) is 6.61 Å². The predicted molar refractivity (Wildman–Crippen MR) is 194 cm³/mol. The monoisotopic (exact) mass is 636 g/mol. The fourth-order valence-corrected chi connectivity index (χ4v) is 12.7. The summed E-state index contributed by atoms with van der Waals surface area (Å²) in [5.41, 5.74) is 4.01. The van der Waals surface area contributed by atoms with E-state index in [0.29, 0.717) is 41.4 Å². The summed E-state index contributed by atoms with van der Waals surface area (Å²) in [6, 6.07) is 32.3. The normalized spacial score (nSPS) is 36.3. The molecule has 0 spiro atoms. The fourth-order valence-electron chi connectivity index (χ4n) is 11.9. The number of rotatable bonds is 9. The molecule has 2 nitrogen and oxygen atoms in total. The van der Waals surface area contributed by atoms with Gasteiger partial charge < -0.3 is 9.84 Å². The Morgan fingerprint density at radius 2 is 1.39 bits per heavy atom. The van der Waals surface area contributed by atoms with E-state index < -0.39 is 5.60 Å². The minimum absolute atomic E-state index is 0.0238. The average Bonchev–Trinajstić information content (AvgIpc) is 3.45. The van der Waals surface area contributed by atoms with E-state index in [9.17, 15) is 5.11 Å². The Kier molecular flexibility index (Phi) is 9.30. The number of aliphatic hydroxyl groups excluding tert-OH is 1. The van der Waals surface area contributed by atoms with E-state index in [2.05, 4.69) is 121 Å². The van der Waals surface area contributed by atoms with Crippen molar-refractivity contribution in [1.29, 1.82) is 0 Å². The first-order chi connectivity index (χ1) is 22.3. The van der Waals surface area contributed by atoms with Gasteiger partial charge >= 0.3 is 0 Å². The smallest absolute Gasteiger partial charge is 0.143 e. The lowest BCUT2D eigenvalue weighted by molar-refractivity contribution is -0.166. The van der Waals surface area contributed by atoms with E-state index >= 15 is 0 Å². The van der Waals surface area contributed by atoms with Crippen molar-refractivity contribution in [1.82, 2.24) is 0 Å². The molecule has 0 bridgehead atoms. The summed E-state index contributed by atoms with van der Waals surface area (Å²) in [7, 11) is 3.34. The van der Waals surface area contributed by atoms with Crippen LogP contribution in [0.25, 0.3) is 0 Å². The van der Waals surface area contributed by atoms with E-state index in [1.165, 1.54) is 61.6 Å². The van der Waals surface area contributed by atoms with Crippen molar-refractivity contribution in [3.8, 4) is 0 Å². The summed E-state index contributed by atoms with van der Waals surface area (Å²) in [6.45, 7) is 8.29. The molecule has 4 fully saturated rings. The van der Waals surface area contributed by atoms with Gasteiger partial charge in [0.25, 0.3) is 0 Å². The zero-order chi connectivity index (χ0) is 31.9. The summed E-state index contributed by atoms with van der Waals surface area (Å²) >= 11 is 0. The molecule has 3 aromatic carbocycles. The van der Waals surface area contributed by atoms with Crippen molar-refractivity contribution >= 4 is 9.24 Å². The van der Waals surface area contributed by atoms with Crippen LogP contribution in [0.3, 0.4) is 0 Å². The number of ether oxygens (including phenoxy) is 1. The van der Waals surface area contributed by atoms with Crippen LogP contribution in [-0.4, -0.2) is 23.5 Å². The molecule has 4 aliphatic rings. The first-order valence-electron chi connectivity index (χ1n) is 18.5. The molecular weight excluding hydrogens is 579 g/mol. The van der Waals surface area contributed by atoms with Gasteiger partial charge in [-0.2, -0.15) is 0 Å². The van der Waals surface area contributed by atoms with Gasteiger partial charge in [0, 0.05) is 6.61 Å². The number of fused-ring (bicyclic) bond motifs is 5. The Bertz CT molecular complexity index is 1330.